The second-order valence-electron chi connectivity index (χ2n) is 8.02. The molecule has 37 heavy (non-hydrogen) atoms. The van der Waals surface area contributed by atoms with E-state index in [1.54, 1.807) is 71.6 Å². The Morgan fingerprint density at radius 1 is 1.00 bits per heavy atom. The van der Waals surface area contributed by atoms with Gasteiger partial charge in [0.05, 0.1) is 50.8 Å². The third kappa shape index (κ3) is 4.84. The van der Waals surface area contributed by atoms with Gasteiger partial charge in [0, 0.05) is 5.56 Å². The van der Waals surface area contributed by atoms with E-state index in [4.69, 9.17) is 23.7 Å². The first-order chi connectivity index (χ1) is 17.9. The number of thiazole rings is 1. The largest absolute Gasteiger partial charge is 0.497 e. The first-order valence-corrected chi connectivity index (χ1v) is 12.3. The number of aromatic nitrogens is 1. The van der Waals surface area contributed by atoms with Crippen LogP contribution in [0.3, 0.4) is 0 Å². The highest BCUT2D eigenvalue weighted by molar-refractivity contribution is 7.07. The molecule has 4 rings (SSSR count). The maximum absolute atomic E-state index is 13.8. The molecule has 0 saturated heterocycles. The van der Waals surface area contributed by atoms with Crippen molar-refractivity contribution in [3.05, 3.63) is 78.5 Å². The molecule has 1 atom stereocenters. The third-order valence-corrected chi connectivity index (χ3v) is 6.94. The van der Waals surface area contributed by atoms with Gasteiger partial charge in [-0.05, 0) is 55.8 Å². The lowest BCUT2D eigenvalue weighted by molar-refractivity contribution is -0.139. The molecule has 0 N–H and O–H groups in total. The highest BCUT2D eigenvalue weighted by Crippen LogP contribution is 2.38. The fourth-order valence-corrected chi connectivity index (χ4v) is 5.28. The minimum Gasteiger partial charge on any atom is -0.497 e. The molecule has 9 nitrogen and oxygen atoms in total. The van der Waals surface area contributed by atoms with E-state index in [2.05, 4.69) is 4.99 Å². The lowest BCUT2D eigenvalue weighted by atomic mass is 9.94. The quantitative estimate of drug-likeness (QED) is 0.418. The van der Waals surface area contributed by atoms with Crippen molar-refractivity contribution in [1.82, 2.24) is 4.57 Å². The molecule has 2 heterocycles. The van der Waals surface area contributed by atoms with Crippen LogP contribution in [0.25, 0.3) is 6.08 Å². The standard InChI is InChI=1S/C27H28N2O7S/c1-7-36-26(31)23-15(2)28-27-29(24(23)18-14-17(32-3)9-11-19(18)33-4)25(30)22(37-27)13-16-8-10-20(34-5)21(12-16)35-6/h8-14,24H,7H2,1-6H3/b22-13-. The number of esters is 1. The molecular weight excluding hydrogens is 496 g/mol. The second-order valence-corrected chi connectivity index (χ2v) is 9.03. The lowest BCUT2D eigenvalue weighted by Crippen LogP contribution is -2.40. The molecule has 0 radical (unpaired) electrons. The van der Waals surface area contributed by atoms with E-state index in [0.29, 0.717) is 43.6 Å². The van der Waals surface area contributed by atoms with Crippen LogP contribution in [0.15, 0.2) is 57.5 Å². The van der Waals surface area contributed by atoms with Crippen molar-refractivity contribution in [2.24, 2.45) is 4.99 Å². The van der Waals surface area contributed by atoms with Gasteiger partial charge in [0.25, 0.3) is 5.56 Å². The number of benzene rings is 2. The Balaban J connectivity index is 1.99. The van der Waals surface area contributed by atoms with Gasteiger partial charge < -0.3 is 23.7 Å². The van der Waals surface area contributed by atoms with Gasteiger partial charge in [-0.3, -0.25) is 9.36 Å². The topological polar surface area (TPSA) is 97.6 Å². The van der Waals surface area contributed by atoms with Crippen LogP contribution in [0.4, 0.5) is 0 Å². The van der Waals surface area contributed by atoms with Crippen LogP contribution < -0.4 is 33.8 Å². The number of rotatable bonds is 8. The van der Waals surface area contributed by atoms with Crippen molar-refractivity contribution in [3.8, 4) is 23.0 Å². The molecule has 10 heteroatoms. The van der Waals surface area contributed by atoms with Crippen LogP contribution in [-0.4, -0.2) is 45.6 Å². The Morgan fingerprint density at radius 3 is 2.35 bits per heavy atom. The zero-order valence-corrected chi connectivity index (χ0v) is 22.3. The molecule has 1 aromatic heterocycles. The summed E-state index contributed by atoms with van der Waals surface area (Å²) in [6.45, 7) is 3.64. The Kier molecular flexibility index (Phi) is 7.68. The van der Waals surface area contributed by atoms with Gasteiger partial charge in [0.15, 0.2) is 16.3 Å². The molecule has 0 spiro atoms. The fourth-order valence-electron chi connectivity index (χ4n) is 4.23. The molecule has 0 aliphatic carbocycles. The van der Waals surface area contributed by atoms with Crippen molar-refractivity contribution >= 4 is 23.4 Å². The van der Waals surface area contributed by atoms with E-state index in [1.165, 1.54) is 23.0 Å². The number of nitrogens with zero attached hydrogens (tertiary/aromatic N) is 2. The van der Waals surface area contributed by atoms with Crippen LogP contribution in [0.5, 0.6) is 23.0 Å². The molecule has 0 amide bonds. The van der Waals surface area contributed by atoms with Gasteiger partial charge in [-0.25, -0.2) is 9.79 Å². The van der Waals surface area contributed by atoms with Gasteiger partial charge in [-0.1, -0.05) is 17.4 Å². The van der Waals surface area contributed by atoms with E-state index in [9.17, 15) is 9.59 Å². The molecule has 0 fully saturated rings. The van der Waals surface area contributed by atoms with E-state index in [-0.39, 0.29) is 17.7 Å². The number of carbonyl (C=O) groups is 1. The van der Waals surface area contributed by atoms with Crippen molar-refractivity contribution in [2.75, 3.05) is 35.0 Å². The highest BCUT2D eigenvalue weighted by Gasteiger charge is 2.35. The predicted octanol–water partition coefficient (Wildman–Crippen LogP) is 2.83. The molecule has 3 aromatic rings. The van der Waals surface area contributed by atoms with Crippen LogP contribution in [0, 0.1) is 0 Å². The lowest BCUT2D eigenvalue weighted by Gasteiger charge is -2.26. The molecular formula is C27H28N2O7S. The zero-order chi connectivity index (χ0) is 26.7. The zero-order valence-electron chi connectivity index (χ0n) is 21.5. The molecule has 1 unspecified atom stereocenters. The summed E-state index contributed by atoms with van der Waals surface area (Å²) in [5.74, 6) is 1.63. The summed E-state index contributed by atoms with van der Waals surface area (Å²) >= 11 is 1.23. The summed E-state index contributed by atoms with van der Waals surface area (Å²) < 4.78 is 29.1. The van der Waals surface area contributed by atoms with Gasteiger partial charge in [-0.15, -0.1) is 0 Å². The number of carbonyl (C=O) groups excluding carboxylic acids is 1. The Morgan fingerprint density at radius 2 is 1.70 bits per heavy atom. The summed E-state index contributed by atoms with van der Waals surface area (Å²) in [6.07, 6.45) is 1.76. The minimum absolute atomic E-state index is 0.182. The van der Waals surface area contributed by atoms with Crippen molar-refractivity contribution in [1.29, 1.82) is 0 Å². The van der Waals surface area contributed by atoms with Gasteiger partial charge >= 0.3 is 5.97 Å². The van der Waals surface area contributed by atoms with Crippen molar-refractivity contribution in [3.63, 3.8) is 0 Å². The van der Waals surface area contributed by atoms with E-state index >= 15 is 0 Å². The molecule has 2 aromatic carbocycles. The number of hydrogen-bond donors (Lipinski definition) is 0. The second kappa shape index (κ2) is 10.9. The van der Waals surface area contributed by atoms with Crippen LogP contribution in [0.1, 0.15) is 31.0 Å². The first-order valence-electron chi connectivity index (χ1n) is 11.5. The summed E-state index contributed by atoms with van der Waals surface area (Å²) in [4.78, 5) is 32.1. The molecule has 1 aliphatic rings. The van der Waals surface area contributed by atoms with Crippen molar-refractivity contribution < 1.29 is 28.5 Å². The van der Waals surface area contributed by atoms with Crippen molar-refractivity contribution in [2.45, 2.75) is 19.9 Å². The number of fused-ring (bicyclic) bond motifs is 1. The number of methoxy groups -OCH3 is 4. The number of ether oxygens (including phenoxy) is 5. The van der Waals surface area contributed by atoms with Gasteiger partial charge in [0.1, 0.15) is 17.5 Å². The van der Waals surface area contributed by atoms with Crippen LogP contribution in [0.2, 0.25) is 0 Å². The smallest absolute Gasteiger partial charge is 0.338 e. The molecule has 194 valence electrons. The maximum atomic E-state index is 13.8. The average molecular weight is 525 g/mol. The summed E-state index contributed by atoms with van der Waals surface area (Å²) in [5, 5.41) is 0. The average Bonchev–Trinajstić information content (AvgIpc) is 3.21. The SMILES string of the molecule is CCOC(=O)C1=C(C)N=c2s/c(=C\c3ccc(OC)c(OC)c3)c(=O)n2C1c1cc(OC)ccc1OC. The maximum Gasteiger partial charge on any atom is 0.338 e. The fraction of sp³-hybridized carbons (Fsp3) is 0.296. The Bertz CT molecular complexity index is 1550. The normalized spacial score (nSPS) is 15.1. The summed E-state index contributed by atoms with van der Waals surface area (Å²) in [5.41, 5.74) is 1.76. The summed E-state index contributed by atoms with van der Waals surface area (Å²) in [6, 6.07) is 9.82. The molecule has 0 saturated carbocycles. The predicted molar refractivity (Wildman–Crippen MR) is 139 cm³/mol. The third-order valence-electron chi connectivity index (χ3n) is 5.95. The molecule has 0 bridgehead atoms. The highest BCUT2D eigenvalue weighted by atomic mass is 32.1. The molecule has 1 aliphatic heterocycles. The van der Waals surface area contributed by atoms with E-state index in [0.717, 1.165) is 5.56 Å². The minimum atomic E-state index is -0.826. The first kappa shape index (κ1) is 26.0. The number of hydrogen-bond acceptors (Lipinski definition) is 9. The monoisotopic (exact) mass is 524 g/mol. The Labute approximate surface area is 217 Å². The van der Waals surface area contributed by atoms with Gasteiger partial charge in [0.2, 0.25) is 0 Å². The van der Waals surface area contributed by atoms with Crippen LogP contribution in [-0.2, 0) is 9.53 Å². The summed E-state index contributed by atoms with van der Waals surface area (Å²) in [7, 11) is 6.20. The van der Waals surface area contributed by atoms with Gasteiger partial charge in [-0.2, -0.15) is 0 Å². The van der Waals surface area contributed by atoms with E-state index < -0.39 is 12.0 Å². The van der Waals surface area contributed by atoms with Crippen LogP contribution >= 0.6 is 11.3 Å². The Hall–Kier alpha value is -4.05. The number of allylic oxidation sites excluding steroid dienone is 1. The van der Waals surface area contributed by atoms with E-state index in [1.807, 2.05) is 6.07 Å².